The Morgan fingerprint density at radius 3 is 2.71 bits per heavy atom. The fourth-order valence-electron chi connectivity index (χ4n) is 3.53. The third kappa shape index (κ3) is 3.62. The van der Waals surface area contributed by atoms with Crippen molar-refractivity contribution < 1.29 is 4.79 Å². The highest BCUT2D eigenvalue weighted by molar-refractivity contribution is 7.17. The first kappa shape index (κ1) is 19.2. The van der Waals surface area contributed by atoms with Gasteiger partial charge < -0.3 is 0 Å². The molecule has 0 fully saturated rings. The molecule has 5 aromatic rings. The van der Waals surface area contributed by atoms with Crippen LogP contribution in [0.2, 0.25) is 0 Å². The predicted octanol–water partition coefficient (Wildman–Crippen LogP) is 3.94. The van der Waals surface area contributed by atoms with Crippen LogP contribution in [-0.2, 0) is 11.3 Å². The summed E-state index contributed by atoms with van der Waals surface area (Å²) in [5.74, 6) is -0.209. The summed E-state index contributed by atoms with van der Waals surface area (Å²) >= 11 is 1.45. The summed E-state index contributed by atoms with van der Waals surface area (Å²) in [6, 6.07) is 15.6. The Balaban J connectivity index is 1.37. The van der Waals surface area contributed by atoms with E-state index in [0.29, 0.717) is 10.2 Å². The fraction of sp³-hybridized carbons (Fsp3) is 0.130. The average molecular weight is 430 g/mol. The van der Waals surface area contributed by atoms with Gasteiger partial charge in [-0.05, 0) is 24.6 Å². The molecule has 0 aliphatic heterocycles. The molecule has 0 saturated carbocycles. The summed E-state index contributed by atoms with van der Waals surface area (Å²) in [7, 11) is 0. The maximum absolute atomic E-state index is 13.1. The van der Waals surface area contributed by atoms with Gasteiger partial charge in [-0.2, -0.15) is 0 Å². The Labute approximate surface area is 181 Å². The number of hydrogen-bond donors (Lipinski definition) is 1. The van der Waals surface area contributed by atoms with Gasteiger partial charge in [-0.15, -0.1) is 11.3 Å². The number of fused-ring (bicyclic) bond motifs is 2. The van der Waals surface area contributed by atoms with E-state index in [1.807, 2.05) is 60.8 Å². The fourth-order valence-corrected chi connectivity index (χ4v) is 4.44. The highest BCUT2D eigenvalue weighted by atomic mass is 32.1. The van der Waals surface area contributed by atoms with Crippen molar-refractivity contribution in [3.8, 4) is 11.1 Å². The molecule has 5 rings (SSSR count). The Bertz CT molecular complexity index is 1460. The van der Waals surface area contributed by atoms with Gasteiger partial charge in [-0.1, -0.05) is 42.0 Å². The van der Waals surface area contributed by atoms with Gasteiger partial charge >= 0.3 is 0 Å². The van der Waals surface area contributed by atoms with E-state index in [1.165, 1.54) is 22.2 Å². The molecule has 0 aliphatic carbocycles. The predicted molar refractivity (Wildman–Crippen MR) is 123 cm³/mol. The summed E-state index contributed by atoms with van der Waals surface area (Å²) < 4.78 is 3.09. The number of imidazole rings is 1. The van der Waals surface area contributed by atoms with Gasteiger partial charge in [0.25, 0.3) is 5.56 Å². The maximum Gasteiger partial charge on any atom is 0.262 e. The Kier molecular flexibility index (Phi) is 4.83. The minimum atomic E-state index is -0.209. The smallest absolute Gasteiger partial charge is 0.262 e. The summed E-state index contributed by atoms with van der Waals surface area (Å²) in [4.78, 5) is 35.0. The number of carbonyl (C=O) groups is 1. The van der Waals surface area contributed by atoms with Crippen LogP contribution in [0.1, 0.15) is 12.0 Å². The Morgan fingerprint density at radius 1 is 1.06 bits per heavy atom. The van der Waals surface area contributed by atoms with E-state index in [1.54, 1.807) is 11.0 Å². The van der Waals surface area contributed by atoms with Crippen LogP contribution in [-0.4, -0.2) is 25.1 Å². The van der Waals surface area contributed by atoms with Gasteiger partial charge in [0.2, 0.25) is 5.91 Å². The van der Waals surface area contributed by atoms with Crippen LogP contribution in [0.25, 0.3) is 32.4 Å². The monoisotopic (exact) mass is 429 g/mol. The lowest BCUT2D eigenvalue weighted by Crippen LogP contribution is -2.26. The van der Waals surface area contributed by atoms with E-state index < -0.39 is 0 Å². The van der Waals surface area contributed by atoms with Crippen LogP contribution >= 0.6 is 11.3 Å². The minimum absolute atomic E-state index is 0.136. The van der Waals surface area contributed by atoms with E-state index in [9.17, 15) is 9.59 Å². The normalized spacial score (nSPS) is 11.3. The molecule has 2 aromatic carbocycles. The SMILES string of the molecule is Cc1ccc(-c2csc3ncn(CCC(=O)Nn4cnc5ccccc54)c(=O)c23)cc1. The number of nitrogens with zero attached hydrogens (tertiary/aromatic N) is 4. The number of benzene rings is 2. The molecule has 1 N–H and O–H groups in total. The molecule has 3 heterocycles. The zero-order valence-corrected chi connectivity index (χ0v) is 17.6. The second-order valence-electron chi connectivity index (χ2n) is 7.33. The zero-order valence-electron chi connectivity index (χ0n) is 16.8. The number of thiophene rings is 1. The van der Waals surface area contributed by atoms with Crippen molar-refractivity contribution in [2.75, 3.05) is 5.43 Å². The number of nitrogens with one attached hydrogen (secondary N) is 1. The molecule has 1 amide bonds. The number of rotatable bonds is 5. The number of carbonyl (C=O) groups excluding carboxylic acids is 1. The average Bonchev–Trinajstić information content (AvgIpc) is 3.39. The van der Waals surface area contributed by atoms with Crippen LogP contribution < -0.4 is 11.0 Å². The molecule has 154 valence electrons. The lowest BCUT2D eigenvalue weighted by atomic mass is 10.1. The molecule has 0 atom stereocenters. The first-order valence-electron chi connectivity index (χ1n) is 9.86. The molecule has 0 spiro atoms. The highest BCUT2D eigenvalue weighted by Crippen LogP contribution is 2.30. The maximum atomic E-state index is 13.1. The molecule has 3 aromatic heterocycles. The van der Waals surface area contributed by atoms with E-state index in [0.717, 1.165) is 27.7 Å². The molecule has 0 aliphatic rings. The van der Waals surface area contributed by atoms with Gasteiger partial charge in [0, 0.05) is 23.9 Å². The molecular weight excluding hydrogens is 410 g/mol. The quantitative estimate of drug-likeness (QED) is 0.459. The second kappa shape index (κ2) is 7.81. The molecule has 0 saturated heterocycles. The summed E-state index contributed by atoms with van der Waals surface area (Å²) in [6.45, 7) is 2.27. The Morgan fingerprint density at radius 2 is 1.87 bits per heavy atom. The summed E-state index contributed by atoms with van der Waals surface area (Å²) in [5, 5.41) is 2.56. The summed E-state index contributed by atoms with van der Waals surface area (Å²) in [6.07, 6.45) is 3.23. The molecule has 0 bridgehead atoms. The lowest BCUT2D eigenvalue weighted by Gasteiger charge is -2.09. The summed E-state index contributed by atoms with van der Waals surface area (Å²) in [5.41, 5.74) is 7.31. The van der Waals surface area contributed by atoms with Crippen LogP contribution in [0.3, 0.4) is 0 Å². The number of amides is 1. The molecule has 7 nitrogen and oxygen atoms in total. The molecule has 31 heavy (non-hydrogen) atoms. The van der Waals surface area contributed by atoms with Crippen LogP contribution in [0.15, 0.2) is 71.4 Å². The first-order chi connectivity index (χ1) is 15.1. The van der Waals surface area contributed by atoms with Crippen molar-refractivity contribution in [2.24, 2.45) is 0 Å². The zero-order chi connectivity index (χ0) is 21.4. The van der Waals surface area contributed by atoms with E-state index >= 15 is 0 Å². The molecule has 8 heteroatoms. The molecule has 0 unspecified atom stereocenters. The van der Waals surface area contributed by atoms with Crippen molar-refractivity contribution in [3.63, 3.8) is 0 Å². The van der Waals surface area contributed by atoms with E-state index in [-0.39, 0.29) is 24.4 Å². The van der Waals surface area contributed by atoms with Crippen LogP contribution in [0, 0.1) is 6.92 Å². The molecular formula is C23H19N5O2S. The van der Waals surface area contributed by atoms with Crippen molar-refractivity contribution in [2.45, 2.75) is 19.9 Å². The number of para-hydroxylation sites is 2. The molecule has 0 radical (unpaired) electrons. The topological polar surface area (TPSA) is 81.8 Å². The van der Waals surface area contributed by atoms with Crippen molar-refractivity contribution >= 4 is 38.5 Å². The van der Waals surface area contributed by atoms with Gasteiger partial charge in [0.15, 0.2) is 0 Å². The van der Waals surface area contributed by atoms with Crippen molar-refractivity contribution in [1.82, 2.24) is 19.2 Å². The standard InChI is InChI=1S/C23H19N5O2S/c1-15-6-8-16(9-7-15)17-12-31-22-21(17)23(30)27(13-25-22)11-10-20(29)26-28-14-24-18-4-2-3-5-19(18)28/h2-9,12-14H,10-11H2,1H3,(H,26,29). The first-order valence-corrected chi connectivity index (χ1v) is 10.7. The third-order valence-electron chi connectivity index (χ3n) is 5.20. The lowest BCUT2D eigenvalue weighted by molar-refractivity contribution is -0.117. The van der Waals surface area contributed by atoms with Gasteiger partial charge in [0.1, 0.15) is 11.2 Å². The number of aromatic nitrogens is 4. The van der Waals surface area contributed by atoms with Gasteiger partial charge in [-0.25, -0.2) is 14.6 Å². The van der Waals surface area contributed by atoms with Crippen molar-refractivity contribution in [3.05, 3.63) is 82.5 Å². The van der Waals surface area contributed by atoms with Crippen molar-refractivity contribution in [1.29, 1.82) is 0 Å². The van der Waals surface area contributed by atoms with E-state index in [2.05, 4.69) is 15.4 Å². The van der Waals surface area contributed by atoms with Gasteiger partial charge in [-0.3, -0.25) is 19.6 Å². The largest absolute Gasteiger partial charge is 0.298 e. The third-order valence-corrected chi connectivity index (χ3v) is 6.09. The number of hydrogen-bond acceptors (Lipinski definition) is 5. The van der Waals surface area contributed by atoms with Crippen LogP contribution in [0.4, 0.5) is 0 Å². The minimum Gasteiger partial charge on any atom is -0.298 e. The van der Waals surface area contributed by atoms with Crippen LogP contribution in [0.5, 0.6) is 0 Å². The Hall–Kier alpha value is -3.78. The number of aryl methyl sites for hydroxylation is 2. The highest BCUT2D eigenvalue weighted by Gasteiger charge is 2.14. The van der Waals surface area contributed by atoms with E-state index in [4.69, 9.17) is 0 Å². The second-order valence-corrected chi connectivity index (χ2v) is 8.19. The van der Waals surface area contributed by atoms with Gasteiger partial charge in [0.05, 0.1) is 22.7 Å².